The predicted molar refractivity (Wildman–Crippen MR) is 93.1 cm³/mol. The molecule has 3 aromatic rings. The number of hydrogen-bond donors (Lipinski definition) is 1. The Bertz CT molecular complexity index is 797. The highest BCUT2D eigenvalue weighted by Crippen LogP contribution is 2.18. The normalized spacial score (nSPS) is 11.0. The van der Waals surface area contributed by atoms with E-state index in [1.54, 1.807) is 12.3 Å². The summed E-state index contributed by atoms with van der Waals surface area (Å²) in [5, 5.41) is 3.23. The molecule has 0 spiro atoms. The summed E-state index contributed by atoms with van der Waals surface area (Å²) >= 11 is 0. The van der Waals surface area contributed by atoms with Crippen LogP contribution in [0.2, 0.25) is 0 Å². The van der Waals surface area contributed by atoms with Gasteiger partial charge in [-0.1, -0.05) is 66.7 Å². The zero-order valence-corrected chi connectivity index (χ0v) is 12.5. The van der Waals surface area contributed by atoms with E-state index in [0.29, 0.717) is 11.4 Å². The van der Waals surface area contributed by atoms with Crippen LogP contribution in [-0.2, 0) is 0 Å². The van der Waals surface area contributed by atoms with E-state index in [1.807, 2.05) is 78.9 Å². The maximum absolute atomic E-state index is 12.5. The maximum atomic E-state index is 12.5. The molecule has 0 atom stereocenters. The molecule has 0 aliphatic carbocycles. The minimum absolute atomic E-state index is 0.0483. The van der Waals surface area contributed by atoms with E-state index in [0.717, 1.165) is 11.3 Å². The number of allylic oxidation sites excluding steroid dienone is 1. The summed E-state index contributed by atoms with van der Waals surface area (Å²) in [6, 6.07) is 24.6. The van der Waals surface area contributed by atoms with Crippen LogP contribution < -0.4 is 5.32 Å². The van der Waals surface area contributed by atoms with Gasteiger partial charge in [-0.05, 0) is 17.7 Å². The van der Waals surface area contributed by atoms with Gasteiger partial charge in [0, 0.05) is 17.8 Å². The Balaban J connectivity index is 1.95. The standard InChI is InChI=1S/C20H16N2O/c23-19(17-11-5-2-6-12-17)15-18(16-9-3-1-4-10-16)22-20-13-7-8-14-21-20/h1-15H,(H,21,22)/b18-15-. The fraction of sp³-hybridized carbons (Fsp3) is 0. The van der Waals surface area contributed by atoms with Crippen molar-refractivity contribution in [1.29, 1.82) is 0 Å². The molecule has 0 saturated carbocycles. The molecule has 3 rings (SSSR count). The molecule has 3 heteroatoms. The molecule has 23 heavy (non-hydrogen) atoms. The van der Waals surface area contributed by atoms with Crippen LogP contribution in [0, 0.1) is 0 Å². The summed E-state index contributed by atoms with van der Waals surface area (Å²) in [4.78, 5) is 16.7. The highest BCUT2D eigenvalue weighted by Gasteiger charge is 2.07. The van der Waals surface area contributed by atoms with Crippen molar-refractivity contribution in [2.75, 3.05) is 5.32 Å². The molecule has 0 saturated heterocycles. The van der Waals surface area contributed by atoms with Crippen LogP contribution in [0.5, 0.6) is 0 Å². The average molecular weight is 300 g/mol. The van der Waals surface area contributed by atoms with Crippen molar-refractivity contribution in [2.45, 2.75) is 0 Å². The zero-order valence-electron chi connectivity index (χ0n) is 12.5. The van der Waals surface area contributed by atoms with Gasteiger partial charge >= 0.3 is 0 Å². The molecule has 0 amide bonds. The molecule has 0 radical (unpaired) electrons. The van der Waals surface area contributed by atoms with Crippen LogP contribution in [0.25, 0.3) is 5.70 Å². The minimum atomic E-state index is -0.0483. The summed E-state index contributed by atoms with van der Waals surface area (Å²) in [5.74, 6) is 0.649. The molecule has 1 aromatic heterocycles. The molecular weight excluding hydrogens is 284 g/mol. The Labute approximate surface area is 135 Å². The van der Waals surface area contributed by atoms with E-state index in [-0.39, 0.29) is 5.78 Å². The zero-order chi connectivity index (χ0) is 15.9. The minimum Gasteiger partial charge on any atom is -0.340 e. The number of ketones is 1. The Morgan fingerprint density at radius 3 is 2.00 bits per heavy atom. The lowest BCUT2D eigenvalue weighted by molar-refractivity contribution is 0.104. The first-order valence-corrected chi connectivity index (χ1v) is 7.37. The van der Waals surface area contributed by atoms with Gasteiger partial charge in [0.15, 0.2) is 5.78 Å². The fourth-order valence-electron chi connectivity index (χ4n) is 2.20. The van der Waals surface area contributed by atoms with E-state index < -0.39 is 0 Å². The van der Waals surface area contributed by atoms with Gasteiger partial charge in [-0.25, -0.2) is 4.98 Å². The summed E-state index contributed by atoms with van der Waals surface area (Å²) in [6.07, 6.45) is 3.32. The molecule has 2 aromatic carbocycles. The van der Waals surface area contributed by atoms with Gasteiger partial charge in [-0.3, -0.25) is 4.79 Å². The SMILES string of the molecule is O=C(/C=C(\Nc1ccccn1)c1ccccc1)c1ccccc1. The van der Waals surface area contributed by atoms with Crippen molar-refractivity contribution in [2.24, 2.45) is 0 Å². The molecule has 0 aliphatic heterocycles. The Kier molecular flexibility index (Phi) is 4.60. The molecule has 3 nitrogen and oxygen atoms in total. The second-order valence-corrected chi connectivity index (χ2v) is 4.99. The summed E-state index contributed by atoms with van der Waals surface area (Å²) in [7, 11) is 0. The van der Waals surface area contributed by atoms with Gasteiger partial charge in [0.2, 0.25) is 0 Å². The van der Waals surface area contributed by atoms with Gasteiger partial charge < -0.3 is 5.32 Å². The summed E-state index contributed by atoms with van der Waals surface area (Å²) < 4.78 is 0. The Morgan fingerprint density at radius 1 is 0.783 bits per heavy atom. The average Bonchev–Trinajstić information content (AvgIpc) is 2.63. The molecule has 1 N–H and O–H groups in total. The van der Waals surface area contributed by atoms with E-state index in [1.165, 1.54) is 0 Å². The Morgan fingerprint density at radius 2 is 1.39 bits per heavy atom. The van der Waals surface area contributed by atoms with Gasteiger partial charge in [-0.15, -0.1) is 0 Å². The number of aromatic nitrogens is 1. The largest absolute Gasteiger partial charge is 0.340 e. The monoisotopic (exact) mass is 300 g/mol. The van der Waals surface area contributed by atoms with Crippen molar-refractivity contribution >= 4 is 17.3 Å². The van der Waals surface area contributed by atoms with Gasteiger partial charge in [0.1, 0.15) is 5.82 Å². The molecule has 0 fully saturated rings. The van der Waals surface area contributed by atoms with E-state index in [4.69, 9.17) is 0 Å². The number of nitrogens with one attached hydrogen (secondary N) is 1. The maximum Gasteiger partial charge on any atom is 0.187 e. The lowest BCUT2D eigenvalue weighted by Crippen LogP contribution is -2.04. The lowest BCUT2D eigenvalue weighted by atomic mass is 10.1. The van der Waals surface area contributed by atoms with Crippen LogP contribution in [0.1, 0.15) is 15.9 Å². The first-order chi connectivity index (χ1) is 11.3. The van der Waals surface area contributed by atoms with Crippen LogP contribution >= 0.6 is 0 Å². The fourth-order valence-corrected chi connectivity index (χ4v) is 2.20. The first-order valence-electron chi connectivity index (χ1n) is 7.37. The first kappa shape index (κ1) is 14.7. The predicted octanol–water partition coefficient (Wildman–Crippen LogP) is 4.42. The topological polar surface area (TPSA) is 42.0 Å². The van der Waals surface area contributed by atoms with Crippen LogP contribution in [0.15, 0.2) is 91.1 Å². The molecular formula is C20H16N2O. The number of carbonyl (C=O) groups is 1. The number of pyridine rings is 1. The third-order valence-electron chi connectivity index (χ3n) is 3.35. The molecule has 1 heterocycles. The second-order valence-electron chi connectivity index (χ2n) is 4.99. The highest BCUT2D eigenvalue weighted by molar-refractivity contribution is 6.09. The quantitative estimate of drug-likeness (QED) is 0.560. The van der Waals surface area contributed by atoms with Crippen LogP contribution in [0.3, 0.4) is 0 Å². The second kappa shape index (κ2) is 7.18. The molecule has 0 aliphatic rings. The Hall–Kier alpha value is -3.20. The summed E-state index contributed by atoms with van der Waals surface area (Å²) in [5.41, 5.74) is 2.31. The number of anilines is 1. The van der Waals surface area contributed by atoms with Gasteiger partial charge in [0.05, 0.1) is 5.70 Å². The highest BCUT2D eigenvalue weighted by atomic mass is 16.1. The van der Waals surface area contributed by atoms with Crippen molar-refractivity contribution in [3.63, 3.8) is 0 Å². The number of hydrogen-bond acceptors (Lipinski definition) is 3. The number of carbonyl (C=O) groups excluding carboxylic acids is 1. The lowest BCUT2D eigenvalue weighted by Gasteiger charge is -2.10. The van der Waals surface area contributed by atoms with Crippen LogP contribution in [0.4, 0.5) is 5.82 Å². The smallest absolute Gasteiger partial charge is 0.187 e. The molecule has 0 unspecified atom stereocenters. The van der Waals surface area contributed by atoms with Gasteiger partial charge in [-0.2, -0.15) is 0 Å². The molecule has 112 valence electrons. The summed E-state index contributed by atoms with van der Waals surface area (Å²) in [6.45, 7) is 0. The number of rotatable bonds is 5. The van der Waals surface area contributed by atoms with Crippen molar-refractivity contribution in [3.05, 3.63) is 102 Å². The van der Waals surface area contributed by atoms with E-state index in [9.17, 15) is 4.79 Å². The van der Waals surface area contributed by atoms with Gasteiger partial charge in [0.25, 0.3) is 0 Å². The van der Waals surface area contributed by atoms with E-state index >= 15 is 0 Å². The van der Waals surface area contributed by atoms with E-state index in [2.05, 4.69) is 10.3 Å². The third kappa shape index (κ3) is 3.92. The third-order valence-corrected chi connectivity index (χ3v) is 3.35. The van der Waals surface area contributed by atoms with Crippen molar-refractivity contribution < 1.29 is 4.79 Å². The van der Waals surface area contributed by atoms with Crippen molar-refractivity contribution in [1.82, 2.24) is 4.98 Å². The van der Waals surface area contributed by atoms with Crippen molar-refractivity contribution in [3.8, 4) is 0 Å². The number of nitrogens with zero attached hydrogens (tertiary/aromatic N) is 1. The number of benzene rings is 2. The van der Waals surface area contributed by atoms with Crippen LogP contribution in [-0.4, -0.2) is 10.8 Å². The molecule has 0 bridgehead atoms.